The van der Waals surface area contributed by atoms with E-state index >= 15 is 0 Å². The molecule has 2 aromatic carbocycles. The third-order valence-corrected chi connectivity index (χ3v) is 7.26. The molecule has 1 amide bonds. The lowest BCUT2D eigenvalue weighted by atomic mass is 9.85. The number of carbonyl (C=O) groups excluding carboxylic acids is 1. The molecule has 1 N–H and O–H groups in total. The summed E-state index contributed by atoms with van der Waals surface area (Å²) in [5.74, 6) is 0.197. The van der Waals surface area contributed by atoms with E-state index in [0.717, 1.165) is 47.3 Å². The fraction of sp³-hybridized carbons (Fsp3) is 0.345. The molecule has 0 radical (unpaired) electrons. The Kier molecular flexibility index (Phi) is 6.27. The second kappa shape index (κ2) is 9.52. The molecule has 0 saturated heterocycles. The van der Waals surface area contributed by atoms with Gasteiger partial charge < -0.3 is 9.88 Å². The van der Waals surface area contributed by atoms with E-state index in [-0.39, 0.29) is 22.9 Å². The van der Waals surface area contributed by atoms with Crippen molar-refractivity contribution in [3.8, 4) is 17.2 Å². The number of amides is 1. The van der Waals surface area contributed by atoms with Crippen molar-refractivity contribution in [2.24, 2.45) is 0 Å². The first-order valence-electron chi connectivity index (χ1n) is 12.4. The lowest BCUT2D eigenvalue weighted by molar-refractivity contribution is -0.120. The van der Waals surface area contributed by atoms with Crippen LogP contribution in [0.5, 0.6) is 0 Å². The van der Waals surface area contributed by atoms with Crippen molar-refractivity contribution in [3.63, 3.8) is 0 Å². The monoisotopic (exact) mass is 466 g/mol. The Morgan fingerprint density at radius 1 is 1.17 bits per heavy atom. The van der Waals surface area contributed by atoms with E-state index in [4.69, 9.17) is 0 Å². The number of pyridine rings is 1. The van der Waals surface area contributed by atoms with Gasteiger partial charge in [0.15, 0.2) is 0 Å². The molecule has 0 saturated carbocycles. The lowest BCUT2D eigenvalue weighted by Crippen LogP contribution is -2.44. The van der Waals surface area contributed by atoms with Gasteiger partial charge in [-0.25, -0.2) is 0 Å². The third kappa shape index (κ3) is 4.28. The van der Waals surface area contributed by atoms with Crippen LogP contribution in [0.1, 0.15) is 53.6 Å². The fourth-order valence-corrected chi connectivity index (χ4v) is 5.59. The van der Waals surface area contributed by atoms with Crippen molar-refractivity contribution in [1.29, 1.82) is 5.26 Å². The van der Waals surface area contributed by atoms with Crippen LogP contribution >= 0.6 is 0 Å². The predicted molar refractivity (Wildman–Crippen MR) is 137 cm³/mol. The van der Waals surface area contributed by atoms with Crippen molar-refractivity contribution in [1.82, 2.24) is 9.88 Å². The van der Waals surface area contributed by atoms with E-state index in [1.165, 1.54) is 5.56 Å². The molecule has 0 unspecified atom stereocenters. The molecule has 3 aromatic rings. The lowest BCUT2D eigenvalue weighted by Gasteiger charge is -2.36. The largest absolute Gasteiger partial charge is 0.324 e. The summed E-state index contributed by atoms with van der Waals surface area (Å²) in [6, 6.07) is 18.2. The first-order chi connectivity index (χ1) is 17.0. The Morgan fingerprint density at radius 3 is 2.69 bits per heavy atom. The number of anilines is 1. The highest BCUT2D eigenvalue weighted by atomic mass is 16.2. The molecule has 3 heterocycles. The molecule has 35 heavy (non-hydrogen) atoms. The van der Waals surface area contributed by atoms with Gasteiger partial charge in [0.05, 0.1) is 6.54 Å². The number of nitriles is 1. The first kappa shape index (κ1) is 23.1. The summed E-state index contributed by atoms with van der Waals surface area (Å²) in [5.41, 5.74) is 6.61. The highest BCUT2D eigenvalue weighted by molar-refractivity contribution is 5.96. The van der Waals surface area contributed by atoms with Crippen molar-refractivity contribution in [2.45, 2.75) is 45.6 Å². The van der Waals surface area contributed by atoms with Crippen molar-refractivity contribution in [3.05, 3.63) is 86.8 Å². The van der Waals surface area contributed by atoms with E-state index in [2.05, 4.69) is 28.9 Å². The second-order valence-corrected chi connectivity index (χ2v) is 9.65. The van der Waals surface area contributed by atoms with Gasteiger partial charge in [-0.15, -0.1) is 0 Å². The van der Waals surface area contributed by atoms with Crippen LogP contribution < -0.4 is 10.5 Å². The molecule has 0 spiro atoms. The SMILES string of the molecule is CCC[C@H]1CN(CC(=O)N2CCc3ccccc32)Cc2c1[nH]c(=O)c(C#N)c2-c1ccc(C)cc1. The van der Waals surface area contributed by atoms with Gasteiger partial charge >= 0.3 is 0 Å². The molecule has 0 bridgehead atoms. The third-order valence-electron chi connectivity index (χ3n) is 7.26. The molecule has 6 nitrogen and oxygen atoms in total. The zero-order valence-corrected chi connectivity index (χ0v) is 20.3. The number of aromatic amines is 1. The standard InChI is InChI=1S/C29H30N4O2/c1-3-6-22-16-32(18-26(34)33-14-13-20-7-4-5-8-25(20)33)17-24-27(21-11-9-19(2)10-12-21)23(15-30)29(35)31-28(22)24/h4-5,7-12,22H,3,6,13-14,16-18H2,1-2H3,(H,31,35)/t22-/m0/s1. The van der Waals surface area contributed by atoms with E-state index < -0.39 is 0 Å². The molecular formula is C29H30N4O2. The zero-order chi connectivity index (χ0) is 24.5. The molecule has 6 heteroatoms. The van der Waals surface area contributed by atoms with Gasteiger partial charge in [0.1, 0.15) is 11.6 Å². The van der Waals surface area contributed by atoms with Crippen LogP contribution in [0.2, 0.25) is 0 Å². The molecule has 2 aliphatic rings. The van der Waals surface area contributed by atoms with Crippen LogP contribution in [-0.2, 0) is 17.8 Å². The van der Waals surface area contributed by atoms with Crippen LogP contribution in [0.4, 0.5) is 5.69 Å². The Hall–Kier alpha value is -3.69. The number of carbonyl (C=O) groups is 1. The molecule has 178 valence electrons. The summed E-state index contributed by atoms with van der Waals surface area (Å²) in [6.07, 6.45) is 2.75. The maximum atomic E-state index is 13.4. The minimum Gasteiger partial charge on any atom is -0.324 e. The average Bonchev–Trinajstić information content (AvgIpc) is 3.29. The van der Waals surface area contributed by atoms with Crippen LogP contribution in [0.25, 0.3) is 11.1 Å². The Morgan fingerprint density at radius 2 is 1.94 bits per heavy atom. The zero-order valence-electron chi connectivity index (χ0n) is 20.3. The quantitative estimate of drug-likeness (QED) is 0.600. The van der Waals surface area contributed by atoms with Gasteiger partial charge in [0.2, 0.25) is 5.91 Å². The van der Waals surface area contributed by atoms with Crippen LogP contribution in [0.15, 0.2) is 53.3 Å². The second-order valence-electron chi connectivity index (χ2n) is 9.65. The number of nitrogens with zero attached hydrogens (tertiary/aromatic N) is 3. The summed E-state index contributed by atoms with van der Waals surface area (Å²) in [5, 5.41) is 9.89. The van der Waals surface area contributed by atoms with Crippen LogP contribution in [0, 0.1) is 18.3 Å². The summed E-state index contributed by atoms with van der Waals surface area (Å²) in [7, 11) is 0. The molecule has 1 aromatic heterocycles. The number of fused-ring (bicyclic) bond motifs is 2. The van der Waals surface area contributed by atoms with E-state index in [0.29, 0.717) is 31.7 Å². The van der Waals surface area contributed by atoms with Gasteiger partial charge in [-0.3, -0.25) is 14.5 Å². The van der Waals surface area contributed by atoms with Gasteiger partial charge in [0.25, 0.3) is 5.56 Å². The topological polar surface area (TPSA) is 80.2 Å². The van der Waals surface area contributed by atoms with Crippen LogP contribution in [0.3, 0.4) is 0 Å². The Bertz CT molecular complexity index is 1370. The number of hydrogen-bond acceptors (Lipinski definition) is 4. The number of aromatic nitrogens is 1. The normalized spacial score (nSPS) is 17.1. The fourth-order valence-electron chi connectivity index (χ4n) is 5.59. The molecule has 1 atom stereocenters. The summed E-state index contributed by atoms with van der Waals surface area (Å²) >= 11 is 0. The molecule has 2 aliphatic heterocycles. The van der Waals surface area contributed by atoms with Crippen molar-refractivity contribution < 1.29 is 4.79 Å². The number of nitrogens with one attached hydrogen (secondary N) is 1. The van der Waals surface area contributed by atoms with Gasteiger partial charge in [-0.1, -0.05) is 61.4 Å². The summed E-state index contributed by atoms with van der Waals surface area (Å²) < 4.78 is 0. The van der Waals surface area contributed by atoms with Crippen molar-refractivity contribution >= 4 is 11.6 Å². The van der Waals surface area contributed by atoms with Crippen LogP contribution in [-0.4, -0.2) is 35.4 Å². The van der Waals surface area contributed by atoms with E-state index in [9.17, 15) is 14.9 Å². The van der Waals surface area contributed by atoms with E-state index in [1.807, 2.05) is 54.3 Å². The van der Waals surface area contributed by atoms with Crippen molar-refractivity contribution in [2.75, 3.05) is 24.5 Å². The van der Waals surface area contributed by atoms with E-state index in [1.54, 1.807) is 0 Å². The number of benzene rings is 2. The molecule has 0 fully saturated rings. The highest BCUT2D eigenvalue weighted by Crippen LogP contribution is 2.37. The molecular weight excluding hydrogens is 436 g/mol. The predicted octanol–water partition coefficient (Wildman–Crippen LogP) is 4.51. The molecule has 5 rings (SSSR count). The molecule has 0 aliphatic carbocycles. The highest BCUT2D eigenvalue weighted by Gasteiger charge is 2.33. The Balaban J connectivity index is 1.53. The maximum absolute atomic E-state index is 13.4. The summed E-state index contributed by atoms with van der Waals surface area (Å²) in [6.45, 7) is 6.39. The number of para-hydroxylation sites is 1. The van der Waals surface area contributed by atoms with Gasteiger partial charge in [-0.2, -0.15) is 5.26 Å². The minimum atomic E-state index is -0.332. The average molecular weight is 467 g/mol. The summed E-state index contributed by atoms with van der Waals surface area (Å²) in [4.78, 5) is 33.5. The number of hydrogen-bond donors (Lipinski definition) is 1. The minimum absolute atomic E-state index is 0.0930. The first-order valence-corrected chi connectivity index (χ1v) is 12.4. The number of H-pyrrole nitrogens is 1. The number of rotatable bonds is 5. The Labute approximate surface area is 205 Å². The maximum Gasteiger partial charge on any atom is 0.266 e. The smallest absolute Gasteiger partial charge is 0.266 e. The van der Waals surface area contributed by atoms with Gasteiger partial charge in [-0.05, 0) is 42.5 Å². The number of aryl methyl sites for hydroxylation is 1. The van der Waals surface area contributed by atoms with Gasteiger partial charge in [0, 0.05) is 42.5 Å².